The third-order valence-corrected chi connectivity index (χ3v) is 3.47. The van der Waals surface area contributed by atoms with Gasteiger partial charge in [0.1, 0.15) is 0 Å². The summed E-state index contributed by atoms with van der Waals surface area (Å²) in [6.07, 6.45) is 1.38. The molecule has 0 amide bonds. The van der Waals surface area contributed by atoms with Crippen molar-refractivity contribution in [2.45, 2.75) is 19.4 Å². The van der Waals surface area contributed by atoms with Crippen molar-refractivity contribution in [3.63, 3.8) is 0 Å². The number of nitrogens with two attached hydrogens (primary N) is 1. The van der Waals surface area contributed by atoms with Crippen LogP contribution in [0.25, 0.3) is 0 Å². The summed E-state index contributed by atoms with van der Waals surface area (Å²) in [7, 11) is 0. The Kier molecular flexibility index (Phi) is 4.26. The lowest BCUT2D eigenvalue weighted by Crippen LogP contribution is -2.36. The summed E-state index contributed by atoms with van der Waals surface area (Å²) in [6.45, 7) is 3.98. The van der Waals surface area contributed by atoms with Crippen LogP contribution in [0.3, 0.4) is 0 Å². The summed E-state index contributed by atoms with van der Waals surface area (Å²) < 4.78 is 0. The van der Waals surface area contributed by atoms with E-state index < -0.39 is 0 Å². The number of hydrogen-bond donors (Lipinski definition) is 2. The molecular formula is C8H18N2S. The molecule has 0 saturated carbocycles. The lowest BCUT2D eigenvalue weighted by Gasteiger charge is -2.19. The van der Waals surface area contributed by atoms with Gasteiger partial charge in [0.2, 0.25) is 0 Å². The van der Waals surface area contributed by atoms with E-state index in [0.29, 0.717) is 6.04 Å². The van der Waals surface area contributed by atoms with Crippen molar-refractivity contribution in [1.82, 2.24) is 5.32 Å². The first-order valence-electron chi connectivity index (χ1n) is 4.36. The standard InChI is InChI=1S/C8H18N2S/c1-7(10-4-3-9)8-2-5-11-6-8/h7-8,10H,2-6,9H2,1H3. The van der Waals surface area contributed by atoms with Gasteiger partial charge in [-0.1, -0.05) is 0 Å². The average Bonchev–Trinajstić information content (AvgIpc) is 2.52. The normalized spacial score (nSPS) is 27.3. The quantitative estimate of drug-likeness (QED) is 0.658. The van der Waals surface area contributed by atoms with E-state index in [1.165, 1.54) is 17.9 Å². The first kappa shape index (κ1) is 9.36. The molecule has 1 aliphatic rings. The minimum atomic E-state index is 0.661. The predicted molar refractivity (Wildman–Crippen MR) is 52.0 cm³/mol. The van der Waals surface area contributed by atoms with Crippen molar-refractivity contribution in [3.05, 3.63) is 0 Å². The second-order valence-electron chi connectivity index (χ2n) is 3.16. The highest BCUT2D eigenvalue weighted by Crippen LogP contribution is 2.25. The Hall–Kier alpha value is 0.270. The summed E-state index contributed by atoms with van der Waals surface area (Å²) in [5.74, 6) is 3.56. The van der Waals surface area contributed by atoms with Crippen LogP contribution in [-0.4, -0.2) is 30.6 Å². The van der Waals surface area contributed by atoms with Crippen LogP contribution < -0.4 is 11.1 Å². The van der Waals surface area contributed by atoms with Crippen LogP contribution in [-0.2, 0) is 0 Å². The number of nitrogens with one attached hydrogen (secondary N) is 1. The molecule has 1 heterocycles. The summed E-state index contributed by atoms with van der Waals surface area (Å²) >= 11 is 2.07. The van der Waals surface area contributed by atoms with Gasteiger partial charge in [-0.2, -0.15) is 11.8 Å². The minimum absolute atomic E-state index is 0.661. The zero-order chi connectivity index (χ0) is 8.10. The fourth-order valence-corrected chi connectivity index (χ4v) is 2.82. The molecule has 0 spiro atoms. The highest BCUT2D eigenvalue weighted by Gasteiger charge is 2.20. The zero-order valence-electron chi connectivity index (χ0n) is 7.18. The molecule has 0 radical (unpaired) electrons. The van der Waals surface area contributed by atoms with Gasteiger partial charge in [-0.15, -0.1) is 0 Å². The Bertz CT molecular complexity index is 102. The lowest BCUT2D eigenvalue weighted by atomic mass is 10.0. The third kappa shape index (κ3) is 3.01. The Morgan fingerprint density at radius 3 is 3.09 bits per heavy atom. The maximum absolute atomic E-state index is 5.41. The van der Waals surface area contributed by atoms with E-state index in [0.717, 1.165) is 19.0 Å². The second-order valence-corrected chi connectivity index (χ2v) is 4.30. The van der Waals surface area contributed by atoms with Crippen LogP contribution in [0.5, 0.6) is 0 Å². The third-order valence-electron chi connectivity index (χ3n) is 2.28. The average molecular weight is 174 g/mol. The first-order valence-corrected chi connectivity index (χ1v) is 5.51. The van der Waals surface area contributed by atoms with Crippen molar-refractivity contribution >= 4 is 11.8 Å². The molecule has 0 bridgehead atoms. The Balaban J connectivity index is 2.12. The summed E-state index contributed by atoms with van der Waals surface area (Å²) in [5, 5.41) is 3.44. The van der Waals surface area contributed by atoms with Crippen LogP contribution in [0.1, 0.15) is 13.3 Å². The first-order chi connectivity index (χ1) is 5.34. The van der Waals surface area contributed by atoms with Crippen molar-refractivity contribution in [3.8, 4) is 0 Å². The van der Waals surface area contributed by atoms with Crippen molar-refractivity contribution in [2.75, 3.05) is 24.6 Å². The molecular weight excluding hydrogens is 156 g/mol. The van der Waals surface area contributed by atoms with E-state index in [2.05, 4.69) is 24.0 Å². The van der Waals surface area contributed by atoms with Crippen LogP contribution in [0, 0.1) is 5.92 Å². The Labute approximate surface area is 73.3 Å². The van der Waals surface area contributed by atoms with Gasteiger partial charge in [0.15, 0.2) is 0 Å². The molecule has 0 aromatic rings. The summed E-state index contributed by atoms with van der Waals surface area (Å²) in [4.78, 5) is 0. The molecule has 1 rings (SSSR count). The fraction of sp³-hybridized carbons (Fsp3) is 1.00. The highest BCUT2D eigenvalue weighted by atomic mass is 32.2. The Morgan fingerprint density at radius 2 is 2.55 bits per heavy atom. The molecule has 0 aromatic carbocycles. The highest BCUT2D eigenvalue weighted by molar-refractivity contribution is 7.99. The molecule has 1 fully saturated rings. The van der Waals surface area contributed by atoms with Gasteiger partial charge in [-0.05, 0) is 30.8 Å². The maximum atomic E-state index is 5.41. The van der Waals surface area contributed by atoms with Gasteiger partial charge in [0, 0.05) is 19.1 Å². The van der Waals surface area contributed by atoms with E-state index >= 15 is 0 Å². The van der Waals surface area contributed by atoms with Gasteiger partial charge in [-0.3, -0.25) is 0 Å². The SMILES string of the molecule is CC(NCCN)C1CCSC1. The van der Waals surface area contributed by atoms with E-state index in [-0.39, 0.29) is 0 Å². The van der Waals surface area contributed by atoms with Gasteiger partial charge in [0.05, 0.1) is 0 Å². The molecule has 66 valence electrons. The molecule has 2 atom stereocenters. The van der Waals surface area contributed by atoms with E-state index in [4.69, 9.17) is 5.73 Å². The van der Waals surface area contributed by atoms with E-state index in [1.807, 2.05) is 0 Å². The number of rotatable bonds is 4. The maximum Gasteiger partial charge on any atom is 0.00771 e. The van der Waals surface area contributed by atoms with E-state index in [9.17, 15) is 0 Å². The molecule has 3 N–H and O–H groups in total. The van der Waals surface area contributed by atoms with Gasteiger partial charge in [0.25, 0.3) is 0 Å². The number of hydrogen-bond acceptors (Lipinski definition) is 3. The molecule has 1 saturated heterocycles. The molecule has 2 unspecified atom stereocenters. The Morgan fingerprint density at radius 1 is 1.73 bits per heavy atom. The molecule has 2 nitrogen and oxygen atoms in total. The molecule has 0 aromatic heterocycles. The molecule has 0 aliphatic carbocycles. The van der Waals surface area contributed by atoms with Crippen LogP contribution in [0.2, 0.25) is 0 Å². The van der Waals surface area contributed by atoms with Crippen molar-refractivity contribution in [2.24, 2.45) is 11.7 Å². The summed E-state index contributed by atoms with van der Waals surface area (Å²) in [6, 6.07) is 0.661. The van der Waals surface area contributed by atoms with Gasteiger partial charge >= 0.3 is 0 Å². The van der Waals surface area contributed by atoms with Crippen LogP contribution >= 0.6 is 11.8 Å². The van der Waals surface area contributed by atoms with Crippen molar-refractivity contribution in [1.29, 1.82) is 0 Å². The van der Waals surface area contributed by atoms with Crippen molar-refractivity contribution < 1.29 is 0 Å². The largest absolute Gasteiger partial charge is 0.329 e. The topological polar surface area (TPSA) is 38.0 Å². The molecule has 3 heteroatoms. The molecule has 11 heavy (non-hydrogen) atoms. The minimum Gasteiger partial charge on any atom is -0.329 e. The monoisotopic (exact) mass is 174 g/mol. The predicted octanol–water partition coefficient (Wildman–Crippen LogP) is 0.676. The second kappa shape index (κ2) is 5.01. The van der Waals surface area contributed by atoms with Gasteiger partial charge in [-0.25, -0.2) is 0 Å². The molecule has 1 aliphatic heterocycles. The van der Waals surface area contributed by atoms with Crippen LogP contribution in [0.4, 0.5) is 0 Å². The zero-order valence-corrected chi connectivity index (χ0v) is 7.99. The smallest absolute Gasteiger partial charge is 0.00771 e. The summed E-state index contributed by atoms with van der Waals surface area (Å²) in [5.41, 5.74) is 5.41. The van der Waals surface area contributed by atoms with E-state index in [1.54, 1.807) is 0 Å². The fourth-order valence-electron chi connectivity index (χ4n) is 1.42. The lowest BCUT2D eigenvalue weighted by molar-refractivity contribution is 0.412. The van der Waals surface area contributed by atoms with Gasteiger partial charge < -0.3 is 11.1 Å². The number of thioether (sulfide) groups is 1. The van der Waals surface area contributed by atoms with Crippen LogP contribution in [0.15, 0.2) is 0 Å².